The highest BCUT2D eigenvalue weighted by Crippen LogP contribution is 2.24. The Hall–Kier alpha value is -1.01. The molecule has 0 aliphatic rings. The molecule has 3 heteroatoms. The molecule has 0 saturated carbocycles. The molecule has 0 amide bonds. The number of benzene rings is 1. The van der Waals surface area contributed by atoms with Gasteiger partial charge in [0.05, 0.1) is 0 Å². The van der Waals surface area contributed by atoms with Gasteiger partial charge in [-0.2, -0.15) is 8.78 Å². The van der Waals surface area contributed by atoms with Crippen LogP contribution in [0, 0.1) is 12.3 Å². The molecule has 0 aliphatic heterocycles. The maximum absolute atomic E-state index is 11.9. The van der Waals surface area contributed by atoms with Gasteiger partial charge in [0.15, 0.2) is 0 Å². The first-order valence-electron chi connectivity index (χ1n) is 3.69. The van der Waals surface area contributed by atoms with Gasteiger partial charge in [0.25, 0.3) is 5.76 Å². The molecule has 0 spiro atoms. The van der Waals surface area contributed by atoms with Gasteiger partial charge >= 0.3 is 0 Å². The predicted molar refractivity (Wildman–Crippen MR) is 50.8 cm³/mol. The van der Waals surface area contributed by atoms with Crippen LogP contribution in [0.2, 0.25) is 0 Å². The Morgan fingerprint density at radius 2 is 1.92 bits per heavy atom. The van der Waals surface area contributed by atoms with Crippen molar-refractivity contribution in [2.45, 2.75) is 17.1 Å². The minimum absolute atomic E-state index is 0.540. The minimum Gasteiger partial charge on any atom is -0.198 e. The Bertz CT molecular complexity index is 298. The summed E-state index contributed by atoms with van der Waals surface area (Å²) in [5.74, 6) is 0.127. The average molecular weight is 198 g/mol. The lowest BCUT2D eigenvalue weighted by molar-refractivity contribution is 0.252. The van der Waals surface area contributed by atoms with E-state index in [9.17, 15) is 8.78 Å². The number of rotatable bonds is 3. The lowest BCUT2D eigenvalue weighted by Crippen LogP contribution is -1.83. The number of terminal acetylenes is 1. The molecule has 0 saturated heterocycles. The Kier molecular flexibility index (Phi) is 3.78. The number of thioether (sulfide) groups is 1. The molecule has 0 atom stereocenters. The largest absolute Gasteiger partial charge is 0.288 e. The maximum Gasteiger partial charge on any atom is 0.288 e. The predicted octanol–water partition coefficient (Wildman–Crippen LogP) is 3.18. The molecule has 13 heavy (non-hydrogen) atoms. The number of hydrogen-bond donors (Lipinski definition) is 0. The van der Waals surface area contributed by atoms with Crippen LogP contribution in [0.4, 0.5) is 8.78 Å². The molecule has 0 aromatic heterocycles. The molecule has 0 radical (unpaired) electrons. The van der Waals surface area contributed by atoms with Crippen molar-refractivity contribution in [1.82, 2.24) is 0 Å². The van der Waals surface area contributed by atoms with Gasteiger partial charge in [0.2, 0.25) is 0 Å². The molecule has 0 aliphatic carbocycles. The van der Waals surface area contributed by atoms with Crippen molar-refractivity contribution in [1.29, 1.82) is 0 Å². The van der Waals surface area contributed by atoms with Crippen molar-refractivity contribution >= 4 is 11.8 Å². The number of hydrogen-bond acceptors (Lipinski definition) is 1. The standard InChI is InChI=1S/C10H8F2S/c1-2-3-8-4-6-9(7-5-8)13-10(11)12/h1,4-7,10H,3H2. The summed E-state index contributed by atoms with van der Waals surface area (Å²) in [5.41, 5.74) is 0.973. The fourth-order valence-electron chi connectivity index (χ4n) is 0.907. The summed E-state index contributed by atoms with van der Waals surface area (Å²) in [6, 6.07) is 6.85. The minimum atomic E-state index is -2.36. The van der Waals surface area contributed by atoms with Crippen LogP contribution < -0.4 is 0 Å². The van der Waals surface area contributed by atoms with E-state index in [-0.39, 0.29) is 0 Å². The first-order valence-corrected chi connectivity index (χ1v) is 4.57. The van der Waals surface area contributed by atoms with Crippen molar-refractivity contribution < 1.29 is 8.78 Å². The van der Waals surface area contributed by atoms with Crippen LogP contribution >= 0.6 is 11.8 Å². The highest BCUT2D eigenvalue weighted by Gasteiger charge is 2.03. The van der Waals surface area contributed by atoms with E-state index in [1.165, 1.54) is 0 Å². The molecule has 0 fully saturated rings. The van der Waals surface area contributed by atoms with E-state index in [0.29, 0.717) is 23.1 Å². The van der Waals surface area contributed by atoms with Crippen LogP contribution in [0.15, 0.2) is 29.2 Å². The van der Waals surface area contributed by atoms with Crippen LogP contribution in [0.5, 0.6) is 0 Å². The quantitative estimate of drug-likeness (QED) is 0.531. The second-order valence-corrected chi connectivity index (χ2v) is 3.47. The van der Waals surface area contributed by atoms with E-state index in [0.717, 1.165) is 5.56 Å². The first-order chi connectivity index (χ1) is 6.22. The van der Waals surface area contributed by atoms with Crippen LogP contribution in [-0.2, 0) is 6.42 Å². The third-order valence-electron chi connectivity index (χ3n) is 1.45. The van der Waals surface area contributed by atoms with Gasteiger partial charge < -0.3 is 0 Å². The second kappa shape index (κ2) is 4.88. The van der Waals surface area contributed by atoms with Crippen LogP contribution in [0.25, 0.3) is 0 Å². The normalized spacial score (nSPS) is 10.0. The molecule has 0 N–H and O–H groups in total. The topological polar surface area (TPSA) is 0 Å². The summed E-state index contributed by atoms with van der Waals surface area (Å²) >= 11 is 0.540. The van der Waals surface area contributed by atoms with Gasteiger partial charge in [-0.15, -0.1) is 12.3 Å². The van der Waals surface area contributed by atoms with E-state index in [1.54, 1.807) is 24.3 Å². The lowest BCUT2D eigenvalue weighted by Gasteiger charge is -2.00. The Labute approximate surface area is 80.3 Å². The van der Waals surface area contributed by atoms with Crippen molar-refractivity contribution in [3.8, 4) is 12.3 Å². The zero-order valence-corrected chi connectivity index (χ0v) is 7.65. The van der Waals surface area contributed by atoms with E-state index in [4.69, 9.17) is 6.42 Å². The third-order valence-corrected chi connectivity index (χ3v) is 2.18. The average Bonchev–Trinajstić information content (AvgIpc) is 2.08. The lowest BCUT2D eigenvalue weighted by atomic mass is 10.2. The molecular weight excluding hydrogens is 190 g/mol. The van der Waals surface area contributed by atoms with Gasteiger partial charge in [-0.1, -0.05) is 23.9 Å². The van der Waals surface area contributed by atoms with Crippen LogP contribution in [-0.4, -0.2) is 5.76 Å². The Morgan fingerprint density at radius 3 is 2.38 bits per heavy atom. The van der Waals surface area contributed by atoms with Crippen molar-refractivity contribution in [2.24, 2.45) is 0 Å². The fraction of sp³-hybridized carbons (Fsp3) is 0.200. The fourth-order valence-corrected chi connectivity index (χ4v) is 1.41. The van der Waals surface area contributed by atoms with Gasteiger partial charge in [-0.05, 0) is 17.7 Å². The summed E-state index contributed by atoms with van der Waals surface area (Å²) in [5, 5.41) is 0. The molecule has 1 aromatic carbocycles. The third kappa shape index (κ3) is 3.47. The Morgan fingerprint density at radius 1 is 1.31 bits per heavy atom. The molecule has 1 rings (SSSR count). The highest BCUT2D eigenvalue weighted by molar-refractivity contribution is 7.99. The summed E-state index contributed by atoms with van der Waals surface area (Å²) in [7, 11) is 0. The molecular formula is C10H8F2S. The molecule has 0 nitrogen and oxygen atoms in total. The number of halogens is 2. The van der Waals surface area contributed by atoms with Crippen molar-refractivity contribution in [2.75, 3.05) is 0 Å². The zero-order chi connectivity index (χ0) is 9.68. The molecule has 0 bridgehead atoms. The van der Waals surface area contributed by atoms with Gasteiger partial charge in [-0.25, -0.2) is 0 Å². The summed E-state index contributed by atoms with van der Waals surface area (Å²) < 4.78 is 23.8. The smallest absolute Gasteiger partial charge is 0.198 e. The number of alkyl halides is 2. The summed E-state index contributed by atoms with van der Waals surface area (Å²) in [6.45, 7) is 0. The zero-order valence-electron chi connectivity index (χ0n) is 6.84. The van der Waals surface area contributed by atoms with Gasteiger partial charge in [0, 0.05) is 11.3 Å². The first kappa shape index (κ1) is 10.1. The molecule has 0 unspecified atom stereocenters. The van der Waals surface area contributed by atoms with E-state index in [2.05, 4.69) is 5.92 Å². The van der Waals surface area contributed by atoms with Gasteiger partial charge in [0.1, 0.15) is 0 Å². The van der Waals surface area contributed by atoms with Crippen molar-refractivity contribution in [3.63, 3.8) is 0 Å². The SMILES string of the molecule is C#CCc1ccc(SC(F)F)cc1. The molecule has 1 aromatic rings. The second-order valence-electron chi connectivity index (χ2n) is 2.40. The van der Waals surface area contributed by atoms with Crippen LogP contribution in [0.3, 0.4) is 0 Å². The van der Waals surface area contributed by atoms with Crippen molar-refractivity contribution in [3.05, 3.63) is 29.8 Å². The molecule has 68 valence electrons. The van der Waals surface area contributed by atoms with Gasteiger partial charge in [-0.3, -0.25) is 0 Å². The monoisotopic (exact) mass is 198 g/mol. The molecule has 0 heterocycles. The van der Waals surface area contributed by atoms with E-state index in [1.807, 2.05) is 0 Å². The summed E-state index contributed by atoms with van der Waals surface area (Å²) in [6.07, 6.45) is 5.65. The summed E-state index contributed by atoms with van der Waals surface area (Å²) in [4.78, 5) is 0.566. The van der Waals surface area contributed by atoms with E-state index >= 15 is 0 Å². The Balaban J connectivity index is 2.65. The van der Waals surface area contributed by atoms with E-state index < -0.39 is 5.76 Å². The maximum atomic E-state index is 11.9. The van der Waals surface area contributed by atoms with Crippen LogP contribution in [0.1, 0.15) is 5.56 Å². The highest BCUT2D eigenvalue weighted by atomic mass is 32.2.